The monoisotopic (exact) mass is 115 g/mol. The summed E-state index contributed by atoms with van der Waals surface area (Å²) >= 11 is 0. The van der Waals surface area contributed by atoms with Gasteiger partial charge < -0.3 is 4.57 Å². The van der Waals surface area contributed by atoms with Crippen molar-refractivity contribution in [3.63, 3.8) is 0 Å². The second kappa shape index (κ2) is 1.99. The molecule has 0 aliphatic rings. The van der Waals surface area contributed by atoms with Crippen molar-refractivity contribution in [3.05, 3.63) is 18.2 Å². The van der Waals surface area contributed by atoms with Gasteiger partial charge in [0.2, 0.25) is 0 Å². The first-order valence-electron chi connectivity index (χ1n) is 4.76. The van der Waals surface area contributed by atoms with E-state index >= 15 is 0 Å². The molecular weight excluding hydrogens is 100 g/mol. The van der Waals surface area contributed by atoms with E-state index in [1.165, 1.54) is 13.1 Å². The number of hydrogen-bond donors (Lipinski definition) is 0. The Morgan fingerprint density at radius 3 is 3.50 bits per heavy atom. The zero-order valence-electron chi connectivity index (χ0n) is 9.55. The average molecular weight is 115 g/mol. The van der Waals surface area contributed by atoms with Crippen molar-refractivity contribution in [1.29, 1.82) is 0 Å². The number of rotatable bonds is 1. The molecule has 44 valence electrons. The summed E-state index contributed by atoms with van der Waals surface area (Å²) in [6, 6.07) is 0. The van der Waals surface area contributed by atoms with Crippen LogP contribution in [0.25, 0.3) is 0 Å². The van der Waals surface area contributed by atoms with Crippen molar-refractivity contribution >= 4 is 0 Å². The molecule has 0 radical (unpaired) electrons. The molecule has 1 aromatic rings. The topological polar surface area (TPSA) is 17.8 Å². The number of aromatic nitrogens is 2. The number of aryl methyl sites for hydroxylation is 2. The Kier molecular flexibility index (Phi) is 0.463. The van der Waals surface area contributed by atoms with E-state index in [0.29, 0.717) is 0 Å². The largest absolute Gasteiger partial charge is 0.338 e. The minimum atomic E-state index is -2.37. The predicted molar refractivity (Wildman–Crippen MR) is 32.6 cm³/mol. The normalized spacial score (nSPS) is 22.4. The Bertz CT molecular complexity index is 266. The van der Waals surface area contributed by atoms with Gasteiger partial charge in [0.1, 0.15) is 0 Å². The lowest BCUT2D eigenvalue weighted by Gasteiger charge is -1.93. The Hall–Kier alpha value is -0.790. The quantitative estimate of drug-likeness (QED) is 0.533. The molecule has 0 saturated heterocycles. The maximum Gasteiger partial charge on any atom is 0.0945 e. The molecule has 0 atom stereocenters. The van der Waals surface area contributed by atoms with E-state index in [2.05, 4.69) is 4.98 Å². The Morgan fingerprint density at radius 2 is 3.00 bits per heavy atom. The molecule has 0 N–H and O–H groups in total. The van der Waals surface area contributed by atoms with Gasteiger partial charge in [0.05, 0.1) is 6.33 Å². The highest BCUT2D eigenvalue weighted by molar-refractivity contribution is 4.95. The summed E-state index contributed by atoms with van der Waals surface area (Å²) in [5.41, 5.74) is 0.0625. The van der Waals surface area contributed by atoms with Gasteiger partial charge in [-0.1, -0.05) is 6.92 Å². The van der Waals surface area contributed by atoms with Gasteiger partial charge in [0.25, 0.3) is 0 Å². The minimum absolute atomic E-state index is 0.0625. The van der Waals surface area contributed by atoms with Crippen LogP contribution in [0.5, 0.6) is 0 Å². The third kappa shape index (κ3) is 0.735. The molecule has 0 amide bonds. The second-order valence-corrected chi connectivity index (χ2v) is 1.40. The highest BCUT2D eigenvalue weighted by Crippen LogP contribution is 1.94. The smallest absolute Gasteiger partial charge is 0.0945 e. The van der Waals surface area contributed by atoms with Gasteiger partial charge in [-0.05, 0) is 6.37 Å². The van der Waals surface area contributed by atoms with Crippen LogP contribution in [-0.4, -0.2) is 9.55 Å². The standard InChI is InChI=1S/C6H10N2/c1-3-6-4-7-5-8(6)2/h4-5H,3H2,1-2H3/i2D3,3D2. The Morgan fingerprint density at radius 1 is 2.12 bits per heavy atom. The Balaban J connectivity index is 3.19. The van der Waals surface area contributed by atoms with Crippen molar-refractivity contribution in [2.24, 2.45) is 6.98 Å². The highest BCUT2D eigenvalue weighted by atomic mass is 15.0. The van der Waals surface area contributed by atoms with Gasteiger partial charge in [-0.3, -0.25) is 0 Å². The first kappa shape index (κ1) is 1.87. The fraction of sp³-hybridized carbons (Fsp3) is 0.500. The molecule has 0 unspecified atom stereocenters. The second-order valence-electron chi connectivity index (χ2n) is 1.40. The number of hydrogen-bond acceptors (Lipinski definition) is 1. The molecule has 0 saturated carbocycles. The molecule has 1 heterocycles. The first-order chi connectivity index (χ1) is 5.73. The van der Waals surface area contributed by atoms with E-state index in [1.54, 1.807) is 0 Å². The molecule has 0 spiro atoms. The molecule has 2 nitrogen and oxygen atoms in total. The van der Waals surface area contributed by atoms with Crippen LogP contribution in [0.15, 0.2) is 12.5 Å². The van der Waals surface area contributed by atoms with Gasteiger partial charge in [0.15, 0.2) is 0 Å². The fourth-order valence-electron chi connectivity index (χ4n) is 0.480. The average Bonchev–Trinajstić information content (AvgIpc) is 2.27. The summed E-state index contributed by atoms with van der Waals surface area (Å²) in [6.07, 6.45) is 0.654. The molecule has 0 bridgehead atoms. The van der Waals surface area contributed by atoms with Gasteiger partial charge in [-0.2, -0.15) is 0 Å². The SMILES string of the molecule is [2H]C([2H])(C)c1cncn1C([2H])([2H])[2H]. The molecule has 0 aliphatic heterocycles. The van der Waals surface area contributed by atoms with E-state index in [4.69, 9.17) is 6.85 Å². The van der Waals surface area contributed by atoms with E-state index in [1.807, 2.05) is 0 Å². The molecule has 0 fully saturated rings. The Labute approximate surface area is 56.2 Å². The molecule has 0 aliphatic carbocycles. The lowest BCUT2D eigenvalue weighted by Crippen LogP contribution is -1.90. The fourth-order valence-corrected chi connectivity index (χ4v) is 0.480. The van der Waals surface area contributed by atoms with Gasteiger partial charge in [-0.15, -0.1) is 0 Å². The zero-order valence-corrected chi connectivity index (χ0v) is 4.55. The van der Waals surface area contributed by atoms with Gasteiger partial charge in [-0.25, -0.2) is 4.98 Å². The van der Waals surface area contributed by atoms with E-state index in [0.717, 1.165) is 10.9 Å². The van der Waals surface area contributed by atoms with Crippen molar-refractivity contribution < 1.29 is 6.85 Å². The maximum absolute atomic E-state index is 7.37. The first-order valence-corrected chi connectivity index (χ1v) is 2.26. The third-order valence-corrected chi connectivity index (χ3v) is 0.895. The lowest BCUT2D eigenvalue weighted by atomic mass is 10.4. The molecular formula is C6H10N2. The number of nitrogens with zero attached hydrogens (tertiary/aromatic N) is 2. The summed E-state index contributed by atoms with van der Waals surface area (Å²) in [6.45, 7) is -1.07. The van der Waals surface area contributed by atoms with Crippen LogP contribution in [0.3, 0.4) is 0 Å². The molecule has 0 aromatic carbocycles. The lowest BCUT2D eigenvalue weighted by molar-refractivity contribution is 0.833. The molecule has 8 heavy (non-hydrogen) atoms. The molecule has 2 heteroatoms. The van der Waals surface area contributed by atoms with Crippen LogP contribution in [-0.2, 0) is 13.3 Å². The van der Waals surface area contributed by atoms with Crippen LogP contribution in [0, 0.1) is 0 Å². The van der Waals surface area contributed by atoms with Crippen LogP contribution in [0.4, 0.5) is 0 Å². The summed E-state index contributed by atoms with van der Waals surface area (Å²) < 4.78 is 36.9. The van der Waals surface area contributed by atoms with E-state index in [-0.39, 0.29) is 5.69 Å². The predicted octanol–water partition coefficient (Wildman–Crippen LogP) is 0.982. The van der Waals surface area contributed by atoms with E-state index < -0.39 is 13.3 Å². The third-order valence-electron chi connectivity index (χ3n) is 0.895. The van der Waals surface area contributed by atoms with Crippen LogP contribution < -0.4 is 0 Å². The van der Waals surface area contributed by atoms with Gasteiger partial charge >= 0.3 is 0 Å². The molecule has 1 rings (SSSR count). The number of imidazole rings is 1. The summed E-state index contributed by atoms with van der Waals surface area (Å²) in [5.74, 6) is 0. The summed E-state index contributed by atoms with van der Waals surface area (Å²) in [7, 11) is 0. The summed E-state index contributed by atoms with van der Waals surface area (Å²) in [4.78, 5) is 3.62. The van der Waals surface area contributed by atoms with Crippen molar-refractivity contribution in [2.75, 3.05) is 0 Å². The van der Waals surface area contributed by atoms with Crippen LogP contribution >= 0.6 is 0 Å². The highest BCUT2D eigenvalue weighted by Gasteiger charge is 1.89. The minimum Gasteiger partial charge on any atom is -0.338 e. The maximum atomic E-state index is 7.37. The van der Waals surface area contributed by atoms with E-state index in [9.17, 15) is 0 Å². The molecule has 1 aromatic heterocycles. The summed E-state index contributed by atoms with van der Waals surface area (Å²) in [5, 5.41) is 0. The van der Waals surface area contributed by atoms with Crippen molar-refractivity contribution in [1.82, 2.24) is 9.55 Å². The van der Waals surface area contributed by atoms with Gasteiger partial charge in [0, 0.05) is 25.7 Å². The van der Waals surface area contributed by atoms with Crippen LogP contribution in [0.1, 0.15) is 19.5 Å². The van der Waals surface area contributed by atoms with Crippen LogP contribution in [0.2, 0.25) is 0 Å². The van der Waals surface area contributed by atoms with Crippen molar-refractivity contribution in [3.8, 4) is 0 Å². The van der Waals surface area contributed by atoms with Crippen molar-refractivity contribution in [2.45, 2.75) is 13.3 Å². The zero-order chi connectivity index (χ0) is 10.3.